The molecule has 3 rings (SSSR count). The van der Waals surface area contributed by atoms with E-state index in [4.69, 9.17) is 0 Å². The number of alkyl halides is 1. The van der Waals surface area contributed by atoms with Crippen LogP contribution in [0.5, 0.6) is 0 Å². The number of hydrogen-bond acceptors (Lipinski definition) is 1. The molecule has 1 aliphatic carbocycles. The molecule has 0 spiro atoms. The van der Waals surface area contributed by atoms with Gasteiger partial charge < -0.3 is 0 Å². The highest BCUT2D eigenvalue weighted by molar-refractivity contribution is 9.10. The van der Waals surface area contributed by atoms with Gasteiger partial charge in [-0.05, 0) is 52.7 Å². The predicted molar refractivity (Wildman–Crippen MR) is 85.7 cm³/mol. The Hall–Kier alpha value is -0.120. The molecule has 0 aliphatic heterocycles. The summed E-state index contributed by atoms with van der Waals surface area (Å²) in [5.74, 6) is 1.48. The first-order chi connectivity index (χ1) is 8.66. The van der Waals surface area contributed by atoms with E-state index in [1.165, 1.54) is 26.2 Å². The average Bonchev–Trinajstić information content (AvgIpc) is 3.11. The molecule has 1 aromatic carbocycles. The van der Waals surface area contributed by atoms with E-state index in [1.807, 2.05) is 11.3 Å². The van der Waals surface area contributed by atoms with Crippen molar-refractivity contribution >= 4 is 43.2 Å². The lowest BCUT2D eigenvalue weighted by Gasteiger charge is -2.07. The van der Waals surface area contributed by atoms with Gasteiger partial charge in [-0.15, -0.1) is 11.3 Å². The highest BCUT2D eigenvalue weighted by Crippen LogP contribution is 2.58. The van der Waals surface area contributed by atoms with Gasteiger partial charge in [-0.2, -0.15) is 0 Å². The molecule has 0 nitrogen and oxygen atoms in total. The van der Waals surface area contributed by atoms with E-state index in [2.05, 4.69) is 75.2 Å². The Morgan fingerprint density at radius 2 is 2.00 bits per heavy atom. The van der Waals surface area contributed by atoms with Gasteiger partial charge in [-0.25, -0.2) is 0 Å². The fraction of sp³-hybridized carbons (Fsp3) is 0.333. The minimum atomic E-state index is 0.498. The van der Waals surface area contributed by atoms with E-state index in [9.17, 15) is 0 Å². The summed E-state index contributed by atoms with van der Waals surface area (Å²) in [4.78, 5) is 3.31. The van der Waals surface area contributed by atoms with Gasteiger partial charge in [0, 0.05) is 14.2 Å². The fourth-order valence-corrected chi connectivity index (χ4v) is 5.06. The standard InChI is InChI=1S/C15H14Br2S/c1-9-13(16)8-14(18-9)15(17)12-7-11(12)10-5-3-2-4-6-10/h2-6,8,11-12,15H,7H2,1H3. The minimum absolute atomic E-state index is 0.498. The third kappa shape index (κ3) is 2.45. The maximum Gasteiger partial charge on any atom is 0.0523 e. The number of hydrogen-bond donors (Lipinski definition) is 0. The van der Waals surface area contributed by atoms with Crippen molar-refractivity contribution in [3.63, 3.8) is 0 Å². The number of thiophene rings is 1. The smallest absolute Gasteiger partial charge is 0.0523 e. The summed E-state index contributed by atoms with van der Waals surface area (Å²) < 4.78 is 1.24. The van der Waals surface area contributed by atoms with Crippen molar-refractivity contribution < 1.29 is 0 Å². The minimum Gasteiger partial charge on any atom is -0.143 e. The SMILES string of the molecule is Cc1sc(C(Br)C2CC2c2ccccc2)cc1Br. The van der Waals surface area contributed by atoms with E-state index >= 15 is 0 Å². The second-order valence-electron chi connectivity index (χ2n) is 4.87. The molecule has 0 amide bonds. The largest absolute Gasteiger partial charge is 0.143 e. The lowest BCUT2D eigenvalue weighted by molar-refractivity contribution is 0.798. The average molecular weight is 386 g/mol. The Morgan fingerprint density at radius 1 is 1.28 bits per heavy atom. The summed E-state index contributed by atoms with van der Waals surface area (Å²) in [6, 6.07) is 13.1. The molecule has 18 heavy (non-hydrogen) atoms. The number of rotatable bonds is 3. The van der Waals surface area contributed by atoms with Crippen LogP contribution in [0.1, 0.15) is 32.5 Å². The molecule has 3 heteroatoms. The van der Waals surface area contributed by atoms with Crippen LogP contribution in [0.4, 0.5) is 0 Å². The van der Waals surface area contributed by atoms with Gasteiger partial charge in [0.05, 0.1) is 4.83 Å². The van der Waals surface area contributed by atoms with Crippen molar-refractivity contribution in [2.45, 2.75) is 24.1 Å². The molecule has 3 atom stereocenters. The van der Waals surface area contributed by atoms with E-state index in [-0.39, 0.29) is 0 Å². The Labute approximate surface area is 129 Å². The summed E-state index contributed by atoms with van der Waals surface area (Å²) in [7, 11) is 0. The van der Waals surface area contributed by atoms with Crippen molar-refractivity contribution in [2.24, 2.45) is 5.92 Å². The first-order valence-electron chi connectivity index (χ1n) is 6.11. The molecule has 1 aliphatic rings. The second kappa shape index (κ2) is 5.10. The van der Waals surface area contributed by atoms with Crippen LogP contribution in [0.2, 0.25) is 0 Å². The number of benzene rings is 1. The Bertz CT molecular complexity index is 527. The van der Waals surface area contributed by atoms with Crippen LogP contribution in [0, 0.1) is 12.8 Å². The first kappa shape index (κ1) is 12.9. The van der Waals surface area contributed by atoms with Gasteiger partial charge in [-0.1, -0.05) is 46.3 Å². The second-order valence-corrected chi connectivity index (χ2v) is 8.00. The van der Waals surface area contributed by atoms with Gasteiger partial charge >= 0.3 is 0 Å². The molecular weight excluding hydrogens is 372 g/mol. The van der Waals surface area contributed by atoms with Crippen molar-refractivity contribution in [3.05, 3.63) is 56.2 Å². The molecule has 2 aromatic rings. The van der Waals surface area contributed by atoms with E-state index in [1.54, 1.807) is 0 Å². The summed E-state index contributed by atoms with van der Waals surface area (Å²) >= 11 is 9.39. The highest BCUT2D eigenvalue weighted by Gasteiger charge is 2.43. The topological polar surface area (TPSA) is 0 Å². The molecule has 1 saturated carbocycles. The van der Waals surface area contributed by atoms with E-state index in [0.717, 1.165) is 11.8 Å². The van der Waals surface area contributed by atoms with Gasteiger partial charge in [0.15, 0.2) is 0 Å². The monoisotopic (exact) mass is 384 g/mol. The van der Waals surface area contributed by atoms with Crippen molar-refractivity contribution in [2.75, 3.05) is 0 Å². The van der Waals surface area contributed by atoms with Gasteiger partial charge in [-0.3, -0.25) is 0 Å². The Balaban J connectivity index is 1.75. The summed E-state index contributed by atoms with van der Waals surface area (Å²) in [6.07, 6.45) is 1.30. The highest BCUT2D eigenvalue weighted by atomic mass is 79.9. The lowest BCUT2D eigenvalue weighted by atomic mass is 10.1. The van der Waals surface area contributed by atoms with Gasteiger partial charge in [0.25, 0.3) is 0 Å². The maximum atomic E-state index is 3.89. The molecule has 3 unspecified atom stereocenters. The molecule has 0 radical (unpaired) electrons. The predicted octanol–water partition coefficient (Wildman–Crippen LogP) is 6.06. The molecule has 94 valence electrons. The molecular formula is C15H14Br2S. The Kier molecular flexibility index (Phi) is 3.65. The zero-order chi connectivity index (χ0) is 12.7. The van der Waals surface area contributed by atoms with Crippen LogP contribution in [0.3, 0.4) is 0 Å². The summed E-state index contributed by atoms with van der Waals surface area (Å²) in [5.41, 5.74) is 1.49. The third-order valence-electron chi connectivity index (χ3n) is 3.59. The molecule has 1 aromatic heterocycles. The number of halogens is 2. The first-order valence-corrected chi connectivity index (χ1v) is 8.64. The van der Waals surface area contributed by atoms with Crippen molar-refractivity contribution in [1.29, 1.82) is 0 Å². The fourth-order valence-electron chi connectivity index (χ4n) is 2.45. The van der Waals surface area contributed by atoms with Gasteiger partial charge in [0.1, 0.15) is 0 Å². The lowest BCUT2D eigenvalue weighted by Crippen LogP contribution is -1.91. The van der Waals surface area contributed by atoms with E-state index < -0.39 is 0 Å². The maximum absolute atomic E-state index is 3.89. The quantitative estimate of drug-likeness (QED) is 0.563. The van der Waals surface area contributed by atoms with Crippen LogP contribution in [-0.2, 0) is 0 Å². The van der Waals surface area contributed by atoms with Crippen LogP contribution in [-0.4, -0.2) is 0 Å². The Morgan fingerprint density at radius 3 is 2.61 bits per heavy atom. The molecule has 1 fully saturated rings. The van der Waals surface area contributed by atoms with E-state index in [0.29, 0.717) is 4.83 Å². The normalized spacial score (nSPS) is 23.9. The van der Waals surface area contributed by atoms with Crippen LogP contribution in [0.25, 0.3) is 0 Å². The third-order valence-corrected chi connectivity index (χ3v) is 7.29. The van der Waals surface area contributed by atoms with Gasteiger partial charge in [0.2, 0.25) is 0 Å². The van der Waals surface area contributed by atoms with Crippen LogP contribution < -0.4 is 0 Å². The number of aryl methyl sites for hydroxylation is 1. The van der Waals surface area contributed by atoms with Crippen LogP contribution in [0.15, 0.2) is 40.9 Å². The molecule has 0 N–H and O–H groups in total. The van der Waals surface area contributed by atoms with Crippen molar-refractivity contribution in [3.8, 4) is 0 Å². The zero-order valence-electron chi connectivity index (χ0n) is 10.1. The van der Waals surface area contributed by atoms with Crippen molar-refractivity contribution in [1.82, 2.24) is 0 Å². The summed E-state index contributed by atoms with van der Waals surface area (Å²) in [5, 5.41) is 0. The molecule has 0 saturated heterocycles. The molecule has 0 bridgehead atoms. The molecule has 1 heterocycles. The summed E-state index contributed by atoms with van der Waals surface area (Å²) in [6.45, 7) is 2.17. The zero-order valence-corrected chi connectivity index (χ0v) is 14.1. The van der Waals surface area contributed by atoms with Crippen LogP contribution >= 0.6 is 43.2 Å².